The summed E-state index contributed by atoms with van der Waals surface area (Å²) in [5.41, 5.74) is 0.463. The van der Waals surface area contributed by atoms with Crippen LogP contribution >= 0.6 is 0 Å². The first kappa shape index (κ1) is 16.2. The van der Waals surface area contributed by atoms with Crippen LogP contribution in [-0.2, 0) is 14.3 Å². The van der Waals surface area contributed by atoms with Gasteiger partial charge in [0.25, 0.3) is 0 Å². The van der Waals surface area contributed by atoms with Gasteiger partial charge in [-0.25, -0.2) is 14.4 Å². The van der Waals surface area contributed by atoms with Crippen molar-refractivity contribution in [2.24, 2.45) is 0 Å². The number of benzene rings is 1. The SMILES string of the molecule is [C-]#[N+]c1ccc(OC(=O)OCCCCOC(=O)C=C)cc1. The van der Waals surface area contributed by atoms with Gasteiger partial charge in [0.05, 0.1) is 19.8 Å². The zero-order valence-corrected chi connectivity index (χ0v) is 11.4. The highest BCUT2D eigenvalue weighted by Crippen LogP contribution is 2.18. The van der Waals surface area contributed by atoms with Crippen molar-refractivity contribution in [3.05, 3.63) is 48.3 Å². The van der Waals surface area contributed by atoms with E-state index in [2.05, 4.69) is 11.4 Å². The molecule has 0 spiro atoms. The van der Waals surface area contributed by atoms with Gasteiger partial charge >= 0.3 is 12.1 Å². The van der Waals surface area contributed by atoms with E-state index in [0.29, 0.717) is 24.3 Å². The summed E-state index contributed by atoms with van der Waals surface area (Å²) in [6.45, 7) is 10.5. The molecule has 0 N–H and O–H groups in total. The third kappa shape index (κ3) is 6.78. The lowest BCUT2D eigenvalue weighted by molar-refractivity contribution is -0.137. The number of hydrogen-bond donors (Lipinski definition) is 0. The van der Waals surface area contributed by atoms with Crippen LogP contribution in [-0.4, -0.2) is 25.3 Å². The van der Waals surface area contributed by atoms with Crippen LogP contribution in [0.4, 0.5) is 10.5 Å². The fraction of sp³-hybridized carbons (Fsp3) is 0.267. The van der Waals surface area contributed by atoms with Gasteiger partial charge in [-0.2, -0.15) is 0 Å². The van der Waals surface area contributed by atoms with Crippen LogP contribution in [0.1, 0.15) is 12.8 Å². The molecule has 0 saturated heterocycles. The quantitative estimate of drug-likeness (QED) is 0.253. The van der Waals surface area contributed by atoms with Crippen molar-refractivity contribution in [2.75, 3.05) is 13.2 Å². The molecule has 0 radical (unpaired) electrons. The van der Waals surface area contributed by atoms with Gasteiger partial charge in [-0.1, -0.05) is 18.7 Å². The minimum Gasteiger partial charge on any atom is -0.463 e. The third-order valence-corrected chi connectivity index (χ3v) is 2.34. The number of carbonyl (C=O) groups is 2. The Morgan fingerprint density at radius 3 is 2.33 bits per heavy atom. The van der Waals surface area contributed by atoms with Crippen molar-refractivity contribution in [3.8, 4) is 5.75 Å². The van der Waals surface area contributed by atoms with Gasteiger partial charge in [-0.05, 0) is 25.0 Å². The maximum absolute atomic E-state index is 11.4. The minimum absolute atomic E-state index is 0.171. The van der Waals surface area contributed by atoms with E-state index in [0.717, 1.165) is 6.08 Å². The molecule has 0 aliphatic rings. The minimum atomic E-state index is -0.811. The highest BCUT2D eigenvalue weighted by Gasteiger charge is 2.05. The first-order valence-electron chi connectivity index (χ1n) is 6.27. The monoisotopic (exact) mass is 289 g/mol. The normalized spacial score (nSPS) is 9.29. The molecule has 110 valence electrons. The standard InChI is InChI=1S/C15H15NO5/c1-3-14(17)19-10-4-5-11-20-15(18)21-13-8-6-12(16-2)7-9-13/h3,6-9H,1,4-5,10-11H2. The summed E-state index contributed by atoms with van der Waals surface area (Å²) in [6.07, 6.45) is 1.41. The molecule has 0 heterocycles. The van der Waals surface area contributed by atoms with Gasteiger partial charge in [0.1, 0.15) is 5.75 Å². The maximum Gasteiger partial charge on any atom is 0.513 e. The number of hydrogen-bond acceptors (Lipinski definition) is 5. The number of rotatable bonds is 7. The molecule has 1 rings (SSSR count). The molecule has 0 unspecified atom stereocenters. The number of nitrogens with zero attached hydrogens (tertiary/aromatic N) is 1. The van der Waals surface area contributed by atoms with Gasteiger partial charge in [-0.3, -0.25) is 0 Å². The topological polar surface area (TPSA) is 66.2 Å². The number of ether oxygens (including phenoxy) is 3. The van der Waals surface area contributed by atoms with Crippen LogP contribution in [0.3, 0.4) is 0 Å². The lowest BCUT2D eigenvalue weighted by atomic mass is 10.3. The Morgan fingerprint density at radius 2 is 1.76 bits per heavy atom. The molecule has 0 fully saturated rings. The third-order valence-electron chi connectivity index (χ3n) is 2.34. The van der Waals surface area contributed by atoms with Gasteiger partial charge in [0.2, 0.25) is 0 Å². The molecule has 0 atom stereocenters. The molecule has 0 aliphatic carbocycles. The Labute approximate surface area is 122 Å². The Hall–Kier alpha value is -2.81. The van der Waals surface area contributed by atoms with Crippen LogP contribution in [0.5, 0.6) is 5.75 Å². The average molecular weight is 289 g/mol. The molecule has 21 heavy (non-hydrogen) atoms. The van der Waals surface area contributed by atoms with E-state index in [9.17, 15) is 9.59 Å². The van der Waals surface area contributed by atoms with Crippen LogP contribution in [0.2, 0.25) is 0 Å². The summed E-state index contributed by atoms with van der Waals surface area (Å²) in [4.78, 5) is 25.3. The Balaban J connectivity index is 2.15. The summed E-state index contributed by atoms with van der Waals surface area (Å²) >= 11 is 0. The Bertz CT molecular complexity index is 530. The molecule has 1 aromatic carbocycles. The van der Waals surface area contributed by atoms with Gasteiger partial charge in [0, 0.05) is 6.08 Å². The molecule has 1 aromatic rings. The lowest BCUT2D eigenvalue weighted by Gasteiger charge is -2.06. The van der Waals surface area contributed by atoms with Crippen LogP contribution in [0, 0.1) is 6.57 Å². The molecular formula is C15H15NO5. The average Bonchev–Trinajstić information content (AvgIpc) is 2.51. The summed E-state index contributed by atoms with van der Waals surface area (Å²) in [7, 11) is 0. The largest absolute Gasteiger partial charge is 0.513 e. The fourth-order valence-corrected chi connectivity index (χ4v) is 1.31. The molecular weight excluding hydrogens is 274 g/mol. The van der Waals surface area contributed by atoms with Crippen molar-refractivity contribution < 1.29 is 23.8 Å². The molecule has 6 nitrogen and oxygen atoms in total. The highest BCUT2D eigenvalue weighted by atomic mass is 16.7. The molecule has 0 aliphatic heterocycles. The van der Waals surface area contributed by atoms with E-state index in [1.165, 1.54) is 12.1 Å². The van der Waals surface area contributed by atoms with E-state index in [-0.39, 0.29) is 13.2 Å². The number of carbonyl (C=O) groups excluding carboxylic acids is 2. The van der Waals surface area contributed by atoms with E-state index in [1.807, 2.05) is 0 Å². The molecule has 0 amide bonds. The maximum atomic E-state index is 11.4. The van der Waals surface area contributed by atoms with Gasteiger partial charge in [-0.15, -0.1) is 0 Å². The lowest BCUT2D eigenvalue weighted by Crippen LogP contribution is -2.12. The first-order chi connectivity index (χ1) is 10.2. The fourth-order valence-electron chi connectivity index (χ4n) is 1.31. The van der Waals surface area contributed by atoms with E-state index in [4.69, 9.17) is 20.8 Å². The van der Waals surface area contributed by atoms with E-state index >= 15 is 0 Å². The van der Waals surface area contributed by atoms with Crippen molar-refractivity contribution in [1.29, 1.82) is 0 Å². The molecule has 6 heteroatoms. The summed E-state index contributed by atoms with van der Waals surface area (Å²) in [5, 5.41) is 0. The smallest absolute Gasteiger partial charge is 0.463 e. The van der Waals surface area contributed by atoms with E-state index < -0.39 is 12.1 Å². The van der Waals surface area contributed by atoms with Crippen LogP contribution < -0.4 is 4.74 Å². The Morgan fingerprint density at radius 1 is 1.14 bits per heavy atom. The molecule has 0 saturated carbocycles. The van der Waals surface area contributed by atoms with Gasteiger partial charge < -0.3 is 14.2 Å². The van der Waals surface area contributed by atoms with Crippen LogP contribution in [0.15, 0.2) is 36.9 Å². The van der Waals surface area contributed by atoms with E-state index in [1.54, 1.807) is 12.1 Å². The highest BCUT2D eigenvalue weighted by molar-refractivity contribution is 5.81. The van der Waals surface area contributed by atoms with Crippen LogP contribution in [0.25, 0.3) is 4.85 Å². The zero-order chi connectivity index (χ0) is 15.5. The van der Waals surface area contributed by atoms with Crippen molar-refractivity contribution >= 4 is 17.8 Å². The first-order valence-corrected chi connectivity index (χ1v) is 6.27. The van der Waals surface area contributed by atoms with Gasteiger partial charge in [0.15, 0.2) is 5.69 Å². The molecule has 0 bridgehead atoms. The Kier molecular flexibility index (Phi) is 7.08. The zero-order valence-electron chi connectivity index (χ0n) is 11.4. The summed E-state index contributed by atoms with van der Waals surface area (Å²) in [6, 6.07) is 6.12. The van der Waals surface area contributed by atoms with Crippen molar-refractivity contribution in [3.63, 3.8) is 0 Å². The number of unbranched alkanes of at least 4 members (excludes halogenated alkanes) is 1. The number of esters is 1. The van der Waals surface area contributed by atoms with Crippen molar-refractivity contribution in [2.45, 2.75) is 12.8 Å². The second-order valence-electron chi connectivity index (χ2n) is 3.88. The predicted octanol–water partition coefficient (Wildman–Crippen LogP) is 3.26. The second-order valence-corrected chi connectivity index (χ2v) is 3.88. The van der Waals surface area contributed by atoms with Crippen molar-refractivity contribution in [1.82, 2.24) is 0 Å². The summed E-state index contributed by atoms with van der Waals surface area (Å²) < 4.78 is 14.5. The predicted molar refractivity (Wildman–Crippen MR) is 75.1 cm³/mol. The molecule has 0 aromatic heterocycles. The second kappa shape index (κ2) is 9.15. The summed E-state index contributed by atoms with van der Waals surface area (Å²) in [5.74, 6) is -0.162.